The van der Waals surface area contributed by atoms with Crippen LogP contribution in [0, 0.1) is 6.92 Å². The van der Waals surface area contributed by atoms with E-state index >= 15 is 0 Å². The molecule has 2 aromatic heterocycles. The Morgan fingerprint density at radius 3 is 2.63 bits per heavy atom. The molecule has 27 heavy (non-hydrogen) atoms. The molecular formula is C20H20N6O. The van der Waals surface area contributed by atoms with Crippen LogP contribution in [0.1, 0.15) is 34.8 Å². The SMILES string of the molecule is Cc1cnc(C(=O)N2[C@@H]3CC[C@H]2Cc2nnc(-c4ccccc4)n2C3)cn1. The van der Waals surface area contributed by atoms with Gasteiger partial charge in [0.25, 0.3) is 5.91 Å². The number of benzene rings is 1. The number of nitrogens with zero attached hydrogens (tertiary/aromatic N) is 6. The van der Waals surface area contributed by atoms with Crippen LogP contribution < -0.4 is 0 Å². The normalized spacial score (nSPS) is 21.0. The predicted molar refractivity (Wildman–Crippen MR) is 98.9 cm³/mol. The Morgan fingerprint density at radius 2 is 1.85 bits per heavy atom. The fourth-order valence-corrected chi connectivity index (χ4v) is 4.21. The summed E-state index contributed by atoms with van der Waals surface area (Å²) in [5.74, 6) is 1.80. The number of carbonyl (C=O) groups excluding carboxylic acids is 1. The molecule has 0 radical (unpaired) electrons. The first kappa shape index (κ1) is 16.1. The number of amides is 1. The molecule has 7 heteroatoms. The maximum absolute atomic E-state index is 13.1. The first-order chi connectivity index (χ1) is 13.2. The number of rotatable bonds is 2. The summed E-state index contributed by atoms with van der Waals surface area (Å²) in [6.07, 6.45) is 5.93. The molecular weight excluding hydrogens is 340 g/mol. The Labute approximate surface area is 157 Å². The van der Waals surface area contributed by atoms with Gasteiger partial charge in [0.2, 0.25) is 0 Å². The maximum Gasteiger partial charge on any atom is 0.274 e. The molecule has 2 aliphatic rings. The van der Waals surface area contributed by atoms with E-state index in [4.69, 9.17) is 0 Å². The molecule has 7 nitrogen and oxygen atoms in total. The first-order valence-electron chi connectivity index (χ1n) is 9.29. The minimum absolute atomic E-state index is 0.0324. The van der Waals surface area contributed by atoms with Gasteiger partial charge >= 0.3 is 0 Å². The van der Waals surface area contributed by atoms with E-state index in [0.29, 0.717) is 12.2 Å². The van der Waals surface area contributed by atoms with Crippen LogP contribution in [0.15, 0.2) is 42.7 Å². The van der Waals surface area contributed by atoms with Crippen LogP contribution in [-0.2, 0) is 13.0 Å². The van der Waals surface area contributed by atoms with Gasteiger partial charge in [-0.2, -0.15) is 0 Å². The highest BCUT2D eigenvalue weighted by Gasteiger charge is 2.41. The van der Waals surface area contributed by atoms with E-state index in [1.807, 2.05) is 42.2 Å². The summed E-state index contributed by atoms with van der Waals surface area (Å²) in [6, 6.07) is 10.4. The molecule has 2 atom stereocenters. The minimum Gasteiger partial charge on any atom is -0.329 e. The molecule has 3 aromatic rings. The topological polar surface area (TPSA) is 76.8 Å². The largest absolute Gasteiger partial charge is 0.329 e. The van der Waals surface area contributed by atoms with Crippen molar-refractivity contribution >= 4 is 5.91 Å². The molecule has 4 heterocycles. The van der Waals surface area contributed by atoms with Crippen molar-refractivity contribution in [3.63, 3.8) is 0 Å². The standard InChI is InChI=1S/C20H20N6O/c1-13-10-22-17(11-21-13)20(27)26-15-7-8-16(26)12-25-18(9-15)23-24-19(25)14-5-3-2-4-6-14/h2-6,10-11,15-16H,7-9,12H2,1H3/t15-,16+/m0/s1. The molecule has 2 bridgehead atoms. The molecule has 1 fully saturated rings. The molecule has 2 aliphatic heterocycles. The van der Waals surface area contributed by atoms with Crippen molar-refractivity contribution in [2.24, 2.45) is 0 Å². The third kappa shape index (κ3) is 2.70. The zero-order chi connectivity index (χ0) is 18.4. The number of aryl methyl sites for hydroxylation is 1. The first-order valence-corrected chi connectivity index (χ1v) is 9.29. The highest BCUT2D eigenvalue weighted by Crippen LogP contribution is 2.34. The molecule has 0 aliphatic carbocycles. The van der Waals surface area contributed by atoms with Gasteiger partial charge in [0.15, 0.2) is 5.82 Å². The molecule has 5 rings (SSSR count). The predicted octanol–water partition coefficient (Wildman–Crippen LogP) is 2.27. The van der Waals surface area contributed by atoms with Gasteiger partial charge in [-0.05, 0) is 19.8 Å². The number of aromatic nitrogens is 5. The quantitative estimate of drug-likeness (QED) is 0.701. The van der Waals surface area contributed by atoms with E-state index < -0.39 is 0 Å². The van der Waals surface area contributed by atoms with E-state index in [2.05, 4.69) is 24.7 Å². The van der Waals surface area contributed by atoms with Gasteiger partial charge in [0.05, 0.1) is 17.9 Å². The second kappa shape index (κ2) is 6.26. The van der Waals surface area contributed by atoms with E-state index in [9.17, 15) is 4.79 Å². The Morgan fingerprint density at radius 1 is 1.04 bits per heavy atom. The Kier molecular flexibility index (Phi) is 3.74. The molecule has 1 saturated heterocycles. The zero-order valence-corrected chi connectivity index (χ0v) is 15.1. The summed E-state index contributed by atoms with van der Waals surface area (Å²) in [5, 5.41) is 8.87. The van der Waals surface area contributed by atoms with Crippen LogP contribution in [0.2, 0.25) is 0 Å². The third-order valence-electron chi connectivity index (χ3n) is 5.53. The van der Waals surface area contributed by atoms with Crippen molar-refractivity contribution in [2.75, 3.05) is 0 Å². The van der Waals surface area contributed by atoms with Crippen LogP contribution >= 0.6 is 0 Å². The number of carbonyl (C=O) groups is 1. The van der Waals surface area contributed by atoms with E-state index in [1.165, 1.54) is 0 Å². The molecule has 1 amide bonds. The van der Waals surface area contributed by atoms with E-state index in [-0.39, 0.29) is 18.0 Å². The highest BCUT2D eigenvalue weighted by atomic mass is 16.2. The Hall–Kier alpha value is -3.09. The molecule has 0 saturated carbocycles. The average molecular weight is 360 g/mol. The highest BCUT2D eigenvalue weighted by molar-refractivity contribution is 5.92. The van der Waals surface area contributed by atoms with Crippen molar-refractivity contribution in [3.8, 4) is 11.4 Å². The number of hydrogen-bond donors (Lipinski definition) is 0. The number of hydrogen-bond acceptors (Lipinski definition) is 5. The lowest BCUT2D eigenvalue weighted by atomic mass is 10.1. The van der Waals surface area contributed by atoms with E-state index in [1.54, 1.807) is 12.4 Å². The van der Waals surface area contributed by atoms with Gasteiger partial charge in [0.1, 0.15) is 11.5 Å². The second-order valence-electron chi connectivity index (χ2n) is 7.26. The summed E-state index contributed by atoms with van der Waals surface area (Å²) >= 11 is 0. The van der Waals surface area contributed by atoms with Crippen molar-refractivity contribution in [1.82, 2.24) is 29.6 Å². The lowest BCUT2D eigenvalue weighted by Gasteiger charge is -2.27. The van der Waals surface area contributed by atoms with Crippen molar-refractivity contribution in [2.45, 2.75) is 44.8 Å². The van der Waals surface area contributed by atoms with Crippen molar-refractivity contribution in [1.29, 1.82) is 0 Å². The Balaban J connectivity index is 1.48. The lowest BCUT2D eigenvalue weighted by Crippen LogP contribution is -2.42. The van der Waals surface area contributed by atoms with Crippen LogP contribution in [-0.4, -0.2) is 47.6 Å². The summed E-state index contributed by atoms with van der Waals surface area (Å²) in [5.41, 5.74) is 2.28. The summed E-state index contributed by atoms with van der Waals surface area (Å²) in [6.45, 7) is 2.59. The summed E-state index contributed by atoms with van der Waals surface area (Å²) < 4.78 is 2.18. The molecule has 0 N–H and O–H groups in total. The monoisotopic (exact) mass is 360 g/mol. The van der Waals surface area contributed by atoms with Crippen molar-refractivity contribution in [3.05, 3.63) is 59.9 Å². The number of fused-ring (bicyclic) bond motifs is 3. The van der Waals surface area contributed by atoms with Crippen LogP contribution in [0.4, 0.5) is 0 Å². The second-order valence-corrected chi connectivity index (χ2v) is 7.26. The van der Waals surface area contributed by atoms with Gasteiger partial charge in [-0.15, -0.1) is 10.2 Å². The smallest absolute Gasteiger partial charge is 0.274 e. The molecule has 0 spiro atoms. The van der Waals surface area contributed by atoms with Crippen LogP contribution in [0.5, 0.6) is 0 Å². The van der Waals surface area contributed by atoms with Gasteiger partial charge in [-0.1, -0.05) is 30.3 Å². The Bertz CT molecular complexity index is 981. The minimum atomic E-state index is -0.0324. The fraction of sp³-hybridized carbons (Fsp3) is 0.350. The summed E-state index contributed by atoms with van der Waals surface area (Å²) in [4.78, 5) is 23.7. The van der Waals surface area contributed by atoms with Gasteiger partial charge in [0, 0.05) is 30.8 Å². The summed E-state index contributed by atoms with van der Waals surface area (Å²) in [7, 11) is 0. The lowest BCUT2D eigenvalue weighted by molar-refractivity contribution is 0.0659. The maximum atomic E-state index is 13.1. The van der Waals surface area contributed by atoms with Gasteiger partial charge < -0.3 is 9.47 Å². The van der Waals surface area contributed by atoms with E-state index in [0.717, 1.165) is 42.2 Å². The molecule has 0 unspecified atom stereocenters. The molecule has 1 aromatic carbocycles. The zero-order valence-electron chi connectivity index (χ0n) is 15.1. The van der Waals surface area contributed by atoms with Crippen molar-refractivity contribution < 1.29 is 4.79 Å². The molecule has 136 valence electrons. The average Bonchev–Trinajstić information content (AvgIpc) is 3.22. The fourth-order valence-electron chi connectivity index (χ4n) is 4.21. The van der Waals surface area contributed by atoms with Gasteiger partial charge in [-0.25, -0.2) is 4.98 Å². The van der Waals surface area contributed by atoms with Gasteiger partial charge in [-0.3, -0.25) is 9.78 Å². The third-order valence-corrected chi connectivity index (χ3v) is 5.53. The van der Waals surface area contributed by atoms with Crippen LogP contribution in [0.25, 0.3) is 11.4 Å². The van der Waals surface area contributed by atoms with Crippen LogP contribution in [0.3, 0.4) is 0 Å².